The second kappa shape index (κ2) is 3.79. The molecule has 0 bridgehead atoms. The molecule has 0 radical (unpaired) electrons. The maximum Gasteiger partial charge on any atom is 0.228 e. The number of nitrogens with one attached hydrogen (secondary N) is 3. The van der Waals surface area contributed by atoms with E-state index in [9.17, 15) is 4.79 Å². The SMILES string of the molecule is CC(C(=O)Nc1ccn[nH]1)C1CNC1. The third-order valence-electron chi connectivity index (χ3n) is 2.69. The summed E-state index contributed by atoms with van der Waals surface area (Å²) in [6, 6.07) is 1.74. The summed E-state index contributed by atoms with van der Waals surface area (Å²) in [6.45, 7) is 3.84. The summed E-state index contributed by atoms with van der Waals surface area (Å²) < 4.78 is 0. The highest BCUT2D eigenvalue weighted by Crippen LogP contribution is 2.17. The smallest absolute Gasteiger partial charge is 0.228 e. The molecule has 76 valence electrons. The van der Waals surface area contributed by atoms with E-state index in [1.54, 1.807) is 12.3 Å². The summed E-state index contributed by atoms with van der Waals surface area (Å²) >= 11 is 0. The Labute approximate surface area is 82.3 Å². The van der Waals surface area contributed by atoms with Crippen LogP contribution in [0.15, 0.2) is 12.3 Å². The van der Waals surface area contributed by atoms with Gasteiger partial charge in [0.05, 0.1) is 6.20 Å². The Morgan fingerprint density at radius 1 is 1.71 bits per heavy atom. The van der Waals surface area contributed by atoms with Gasteiger partial charge in [-0.3, -0.25) is 9.89 Å². The number of carbonyl (C=O) groups excluding carboxylic acids is 1. The number of aromatic amines is 1. The molecule has 1 aromatic heterocycles. The van der Waals surface area contributed by atoms with Crippen molar-refractivity contribution in [2.75, 3.05) is 18.4 Å². The first kappa shape index (κ1) is 9.21. The molecular weight excluding hydrogens is 180 g/mol. The molecule has 3 N–H and O–H groups in total. The van der Waals surface area contributed by atoms with Crippen LogP contribution in [0.2, 0.25) is 0 Å². The summed E-state index contributed by atoms with van der Waals surface area (Å²) in [5.41, 5.74) is 0. The van der Waals surface area contributed by atoms with Gasteiger partial charge in [0.15, 0.2) is 0 Å². The molecule has 5 heteroatoms. The molecule has 1 atom stereocenters. The molecule has 0 saturated carbocycles. The standard InChI is InChI=1S/C9H14N4O/c1-6(7-4-10-5-7)9(14)12-8-2-3-11-13-8/h2-3,6-7,10H,4-5H2,1H3,(H2,11,12,13,14). The van der Waals surface area contributed by atoms with Crippen LogP contribution in [0.4, 0.5) is 5.82 Å². The van der Waals surface area contributed by atoms with Crippen molar-refractivity contribution < 1.29 is 4.79 Å². The van der Waals surface area contributed by atoms with Gasteiger partial charge in [-0.15, -0.1) is 0 Å². The van der Waals surface area contributed by atoms with Crippen molar-refractivity contribution in [1.82, 2.24) is 15.5 Å². The van der Waals surface area contributed by atoms with E-state index >= 15 is 0 Å². The molecule has 5 nitrogen and oxygen atoms in total. The highest BCUT2D eigenvalue weighted by Gasteiger charge is 2.28. The van der Waals surface area contributed by atoms with Gasteiger partial charge in [0, 0.05) is 12.0 Å². The van der Waals surface area contributed by atoms with Crippen LogP contribution >= 0.6 is 0 Å². The van der Waals surface area contributed by atoms with Crippen LogP contribution in [-0.4, -0.2) is 29.2 Å². The molecule has 1 fully saturated rings. The fourth-order valence-electron chi connectivity index (χ4n) is 1.45. The lowest BCUT2D eigenvalue weighted by Gasteiger charge is -2.31. The first-order valence-corrected chi connectivity index (χ1v) is 4.78. The van der Waals surface area contributed by atoms with E-state index in [-0.39, 0.29) is 11.8 Å². The van der Waals surface area contributed by atoms with E-state index in [1.165, 1.54) is 0 Å². The van der Waals surface area contributed by atoms with Gasteiger partial charge in [-0.2, -0.15) is 5.10 Å². The lowest BCUT2D eigenvalue weighted by atomic mass is 9.88. The van der Waals surface area contributed by atoms with Crippen LogP contribution in [0.3, 0.4) is 0 Å². The van der Waals surface area contributed by atoms with Crippen LogP contribution in [0.25, 0.3) is 0 Å². The lowest BCUT2D eigenvalue weighted by molar-refractivity contribution is -0.121. The minimum Gasteiger partial charge on any atom is -0.316 e. The van der Waals surface area contributed by atoms with Crippen molar-refractivity contribution in [3.8, 4) is 0 Å². The molecule has 0 aliphatic carbocycles. The Balaban J connectivity index is 1.88. The summed E-state index contributed by atoms with van der Waals surface area (Å²) in [5.74, 6) is 1.24. The first-order valence-electron chi connectivity index (χ1n) is 4.78. The van der Waals surface area contributed by atoms with Crippen molar-refractivity contribution in [2.45, 2.75) is 6.92 Å². The van der Waals surface area contributed by atoms with Gasteiger partial charge in [0.2, 0.25) is 5.91 Å². The van der Waals surface area contributed by atoms with E-state index in [0.717, 1.165) is 13.1 Å². The quantitative estimate of drug-likeness (QED) is 0.644. The fourth-order valence-corrected chi connectivity index (χ4v) is 1.45. The van der Waals surface area contributed by atoms with Gasteiger partial charge in [-0.25, -0.2) is 0 Å². The van der Waals surface area contributed by atoms with Crippen molar-refractivity contribution in [3.05, 3.63) is 12.3 Å². The minimum atomic E-state index is 0.0551. The summed E-state index contributed by atoms with van der Waals surface area (Å²) in [5, 5.41) is 12.4. The predicted octanol–water partition coefficient (Wildman–Crippen LogP) is 0.204. The van der Waals surface area contributed by atoms with Crippen LogP contribution < -0.4 is 10.6 Å². The minimum absolute atomic E-state index is 0.0551. The number of hydrogen-bond donors (Lipinski definition) is 3. The monoisotopic (exact) mass is 194 g/mol. The number of anilines is 1. The Hall–Kier alpha value is -1.36. The molecule has 1 aliphatic heterocycles. The average Bonchev–Trinajstić information content (AvgIpc) is 2.53. The number of nitrogens with zero attached hydrogens (tertiary/aromatic N) is 1. The average molecular weight is 194 g/mol. The van der Waals surface area contributed by atoms with Crippen molar-refractivity contribution in [1.29, 1.82) is 0 Å². The van der Waals surface area contributed by atoms with Crippen LogP contribution in [0, 0.1) is 11.8 Å². The summed E-state index contributed by atoms with van der Waals surface area (Å²) in [7, 11) is 0. The van der Waals surface area contributed by atoms with E-state index in [4.69, 9.17) is 0 Å². The third kappa shape index (κ3) is 1.77. The number of H-pyrrole nitrogens is 1. The highest BCUT2D eigenvalue weighted by molar-refractivity contribution is 5.91. The highest BCUT2D eigenvalue weighted by atomic mass is 16.2. The molecule has 1 aliphatic rings. The zero-order valence-electron chi connectivity index (χ0n) is 8.08. The number of amides is 1. The molecule has 0 spiro atoms. The third-order valence-corrected chi connectivity index (χ3v) is 2.69. The normalized spacial score (nSPS) is 18.6. The fraction of sp³-hybridized carbons (Fsp3) is 0.556. The first-order chi connectivity index (χ1) is 6.77. The molecule has 0 aromatic carbocycles. The molecule has 1 saturated heterocycles. The van der Waals surface area contributed by atoms with Gasteiger partial charge in [-0.1, -0.05) is 6.92 Å². The van der Waals surface area contributed by atoms with Gasteiger partial charge in [-0.05, 0) is 19.0 Å². The number of carbonyl (C=O) groups is 1. The Bertz CT molecular complexity index is 305. The number of aromatic nitrogens is 2. The van der Waals surface area contributed by atoms with Crippen molar-refractivity contribution >= 4 is 11.7 Å². The topological polar surface area (TPSA) is 69.8 Å². The molecule has 1 unspecified atom stereocenters. The zero-order chi connectivity index (χ0) is 9.97. The van der Waals surface area contributed by atoms with Gasteiger partial charge >= 0.3 is 0 Å². The van der Waals surface area contributed by atoms with Gasteiger partial charge in [0.1, 0.15) is 5.82 Å². The maximum atomic E-state index is 11.7. The Morgan fingerprint density at radius 3 is 3.00 bits per heavy atom. The van der Waals surface area contributed by atoms with Gasteiger partial charge < -0.3 is 10.6 Å². The van der Waals surface area contributed by atoms with Crippen LogP contribution in [0.5, 0.6) is 0 Å². The van der Waals surface area contributed by atoms with Gasteiger partial charge in [0.25, 0.3) is 0 Å². The molecule has 1 aromatic rings. The molecular formula is C9H14N4O. The Morgan fingerprint density at radius 2 is 2.50 bits per heavy atom. The van der Waals surface area contributed by atoms with E-state index in [0.29, 0.717) is 11.7 Å². The lowest BCUT2D eigenvalue weighted by Crippen LogP contribution is -2.48. The van der Waals surface area contributed by atoms with Crippen LogP contribution in [-0.2, 0) is 4.79 Å². The van der Waals surface area contributed by atoms with E-state index in [1.807, 2.05) is 6.92 Å². The second-order valence-corrected chi connectivity index (χ2v) is 3.67. The molecule has 2 rings (SSSR count). The molecule has 1 amide bonds. The number of rotatable bonds is 3. The second-order valence-electron chi connectivity index (χ2n) is 3.67. The summed E-state index contributed by atoms with van der Waals surface area (Å²) in [6.07, 6.45) is 1.62. The van der Waals surface area contributed by atoms with Crippen LogP contribution in [0.1, 0.15) is 6.92 Å². The molecule has 2 heterocycles. The maximum absolute atomic E-state index is 11.7. The zero-order valence-corrected chi connectivity index (χ0v) is 8.08. The van der Waals surface area contributed by atoms with Crippen molar-refractivity contribution in [2.24, 2.45) is 11.8 Å². The van der Waals surface area contributed by atoms with E-state index < -0.39 is 0 Å². The number of hydrogen-bond acceptors (Lipinski definition) is 3. The van der Waals surface area contributed by atoms with E-state index in [2.05, 4.69) is 20.8 Å². The molecule has 14 heavy (non-hydrogen) atoms. The van der Waals surface area contributed by atoms with Crippen molar-refractivity contribution in [3.63, 3.8) is 0 Å². The predicted molar refractivity (Wildman–Crippen MR) is 52.7 cm³/mol. The summed E-state index contributed by atoms with van der Waals surface area (Å²) in [4.78, 5) is 11.7. The largest absolute Gasteiger partial charge is 0.316 e. The Kier molecular flexibility index (Phi) is 2.49.